The minimum Gasteiger partial charge on any atom is -0.497 e. The highest BCUT2D eigenvalue weighted by molar-refractivity contribution is 5.78. The van der Waals surface area contributed by atoms with Gasteiger partial charge in [-0.1, -0.05) is 26.0 Å². The van der Waals surface area contributed by atoms with Crippen molar-refractivity contribution in [3.8, 4) is 5.75 Å². The molecule has 1 aromatic carbocycles. The molecule has 1 aromatic rings. The van der Waals surface area contributed by atoms with Crippen LogP contribution in [0.3, 0.4) is 0 Å². The topological polar surface area (TPSA) is 44.8 Å². The largest absolute Gasteiger partial charge is 0.497 e. The summed E-state index contributed by atoms with van der Waals surface area (Å²) in [6.07, 6.45) is 0. The molecule has 5 heteroatoms. The zero-order chi connectivity index (χ0) is 16.7. The van der Waals surface area contributed by atoms with Crippen LogP contribution in [0.5, 0.6) is 5.75 Å². The second-order valence-electron chi connectivity index (χ2n) is 6.60. The maximum absolute atomic E-state index is 11.9. The van der Waals surface area contributed by atoms with Crippen molar-refractivity contribution < 1.29 is 9.53 Å². The molecular formula is C18H29N3O2. The maximum atomic E-state index is 11.9. The van der Waals surface area contributed by atoms with E-state index < -0.39 is 0 Å². The normalized spacial score (nSPS) is 16.5. The highest BCUT2D eigenvalue weighted by Crippen LogP contribution is 2.14. The zero-order valence-electron chi connectivity index (χ0n) is 14.5. The molecule has 0 unspecified atom stereocenters. The molecule has 1 aliphatic heterocycles. The van der Waals surface area contributed by atoms with Crippen molar-refractivity contribution in [1.82, 2.24) is 15.1 Å². The standard InChI is InChI=1S/C18H29N3O2/c1-15(2)12-19-18(22)14-21-10-8-20(9-11-21)13-16-4-6-17(23-3)7-5-16/h4-7,15H,8-14H2,1-3H3,(H,19,22). The van der Waals surface area contributed by atoms with Gasteiger partial charge in [0.25, 0.3) is 0 Å². The summed E-state index contributed by atoms with van der Waals surface area (Å²) in [7, 11) is 1.69. The predicted molar refractivity (Wildman–Crippen MR) is 92.6 cm³/mol. The molecule has 1 amide bonds. The lowest BCUT2D eigenvalue weighted by atomic mass is 10.2. The van der Waals surface area contributed by atoms with Gasteiger partial charge >= 0.3 is 0 Å². The van der Waals surface area contributed by atoms with Gasteiger partial charge in [0.05, 0.1) is 13.7 Å². The molecule has 1 heterocycles. The maximum Gasteiger partial charge on any atom is 0.234 e. The van der Waals surface area contributed by atoms with Crippen LogP contribution < -0.4 is 10.1 Å². The number of piperazine rings is 1. The molecule has 0 atom stereocenters. The van der Waals surface area contributed by atoms with Crippen molar-refractivity contribution in [2.45, 2.75) is 20.4 Å². The van der Waals surface area contributed by atoms with E-state index in [-0.39, 0.29) is 5.91 Å². The third-order valence-electron chi connectivity index (χ3n) is 4.10. The van der Waals surface area contributed by atoms with Crippen molar-refractivity contribution in [2.75, 3.05) is 46.4 Å². The number of hydrogen-bond acceptors (Lipinski definition) is 4. The van der Waals surface area contributed by atoms with Crippen molar-refractivity contribution >= 4 is 5.91 Å². The fraction of sp³-hybridized carbons (Fsp3) is 0.611. The summed E-state index contributed by atoms with van der Waals surface area (Å²) in [5.41, 5.74) is 1.30. The lowest BCUT2D eigenvalue weighted by Gasteiger charge is -2.34. The number of methoxy groups -OCH3 is 1. The van der Waals surface area contributed by atoms with E-state index in [2.05, 4.69) is 41.1 Å². The summed E-state index contributed by atoms with van der Waals surface area (Å²) in [5, 5.41) is 2.99. The molecule has 0 spiro atoms. The molecule has 0 radical (unpaired) electrons. The Morgan fingerprint density at radius 1 is 1.13 bits per heavy atom. The van der Waals surface area contributed by atoms with Crippen LogP contribution in [0.1, 0.15) is 19.4 Å². The van der Waals surface area contributed by atoms with Gasteiger partial charge in [0.2, 0.25) is 5.91 Å². The second-order valence-corrected chi connectivity index (χ2v) is 6.60. The van der Waals surface area contributed by atoms with Crippen molar-refractivity contribution in [2.24, 2.45) is 5.92 Å². The zero-order valence-corrected chi connectivity index (χ0v) is 14.5. The van der Waals surface area contributed by atoms with Gasteiger partial charge in [0.1, 0.15) is 5.75 Å². The number of nitrogens with zero attached hydrogens (tertiary/aromatic N) is 2. The fourth-order valence-electron chi connectivity index (χ4n) is 2.67. The highest BCUT2D eigenvalue weighted by Gasteiger charge is 2.19. The van der Waals surface area contributed by atoms with E-state index in [1.807, 2.05) is 12.1 Å². The number of benzene rings is 1. The first-order valence-electron chi connectivity index (χ1n) is 8.41. The number of rotatable bonds is 7. The predicted octanol–water partition coefficient (Wildman–Crippen LogP) is 1.58. The van der Waals surface area contributed by atoms with E-state index in [9.17, 15) is 4.79 Å². The smallest absolute Gasteiger partial charge is 0.234 e. The highest BCUT2D eigenvalue weighted by atomic mass is 16.5. The van der Waals surface area contributed by atoms with E-state index in [0.717, 1.165) is 45.0 Å². The van der Waals surface area contributed by atoms with E-state index in [1.54, 1.807) is 7.11 Å². The van der Waals surface area contributed by atoms with Gasteiger partial charge in [-0.2, -0.15) is 0 Å². The molecular weight excluding hydrogens is 290 g/mol. The molecule has 0 aromatic heterocycles. The minimum atomic E-state index is 0.141. The first-order chi connectivity index (χ1) is 11.1. The SMILES string of the molecule is COc1ccc(CN2CCN(CC(=O)NCC(C)C)CC2)cc1. The molecule has 1 aliphatic rings. The minimum absolute atomic E-state index is 0.141. The third kappa shape index (κ3) is 6.20. The Kier molecular flexibility index (Phi) is 6.86. The van der Waals surface area contributed by atoms with Gasteiger partial charge in [0.15, 0.2) is 0 Å². The van der Waals surface area contributed by atoms with Crippen LogP contribution in [-0.2, 0) is 11.3 Å². The summed E-state index contributed by atoms with van der Waals surface area (Å²) in [5.74, 6) is 1.54. The molecule has 0 bridgehead atoms. The molecule has 1 saturated heterocycles. The van der Waals surface area contributed by atoms with Gasteiger partial charge in [-0.25, -0.2) is 0 Å². The average molecular weight is 319 g/mol. The van der Waals surface area contributed by atoms with Crippen molar-refractivity contribution in [3.05, 3.63) is 29.8 Å². The van der Waals surface area contributed by atoms with Gasteiger partial charge < -0.3 is 10.1 Å². The monoisotopic (exact) mass is 319 g/mol. The van der Waals surface area contributed by atoms with Crippen LogP contribution in [0, 0.1) is 5.92 Å². The van der Waals surface area contributed by atoms with Crippen molar-refractivity contribution in [3.63, 3.8) is 0 Å². The van der Waals surface area contributed by atoms with Gasteiger partial charge in [0, 0.05) is 39.3 Å². The Balaban J connectivity index is 1.69. The summed E-state index contributed by atoms with van der Waals surface area (Å²) >= 11 is 0. The molecule has 5 nitrogen and oxygen atoms in total. The quantitative estimate of drug-likeness (QED) is 0.829. The number of carbonyl (C=O) groups is 1. The molecule has 23 heavy (non-hydrogen) atoms. The molecule has 1 fully saturated rings. The van der Waals surface area contributed by atoms with Crippen LogP contribution in [-0.4, -0.2) is 62.1 Å². The van der Waals surface area contributed by atoms with Crippen LogP contribution in [0.4, 0.5) is 0 Å². The van der Waals surface area contributed by atoms with Gasteiger partial charge in [-0.05, 0) is 23.6 Å². The molecule has 0 aliphatic carbocycles. The molecule has 0 saturated carbocycles. The van der Waals surface area contributed by atoms with Gasteiger partial charge in [-0.15, -0.1) is 0 Å². The Morgan fingerprint density at radius 2 is 1.74 bits per heavy atom. The number of ether oxygens (including phenoxy) is 1. The second kappa shape index (κ2) is 8.89. The Hall–Kier alpha value is -1.59. The van der Waals surface area contributed by atoms with E-state index in [0.29, 0.717) is 12.5 Å². The number of nitrogens with one attached hydrogen (secondary N) is 1. The number of carbonyl (C=O) groups excluding carboxylic acids is 1. The third-order valence-corrected chi connectivity index (χ3v) is 4.10. The first-order valence-corrected chi connectivity index (χ1v) is 8.41. The fourth-order valence-corrected chi connectivity index (χ4v) is 2.67. The number of hydrogen-bond donors (Lipinski definition) is 1. The molecule has 1 N–H and O–H groups in total. The summed E-state index contributed by atoms with van der Waals surface area (Å²) in [6, 6.07) is 8.24. The van der Waals surface area contributed by atoms with E-state index >= 15 is 0 Å². The van der Waals surface area contributed by atoms with Crippen LogP contribution >= 0.6 is 0 Å². The Bertz CT molecular complexity index is 480. The van der Waals surface area contributed by atoms with E-state index in [1.165, 1.54) is 5.56 Å². The Morgan fingerprint density at radius 3 is 2.30 bits per heavy atom. The van der Waals surface area contributed by atoms with Crippen LogP contribution in [0.25, 0.3) is 0 Å². The number of amides is 1. The Labute approximate surface area is 139 Å². The van der Waals surface area contributed by atoms with Crippen molar-refractivity contribution in [1.29, 1.82) is 0 Å². The average Bonchev–Trinajstić information content (AvgIpc) is 2.55. The summed E-state index contributed by atoms with van der Waals surface area (Å²) < 4.78 is 5.19. The molecule has 128 valence electrons. The lowest BCUT2D eigenvalue weighted by Crippen LogP contribution is -2.49. The summed E-state index contributed by atoms with van der Waals surface area (Å²) in [4.78, 5) is 16.5. The lowest BCUT2D eigenvalue weighted by molar-refractivity contribution is -0.122. The van der Waals surface area contributed by atoms with Crippen LogP contribution in [0.2, 0.25) is 0 Å². The van der Waals surface area contributed by atoms with E-state index in [4.69, 9.17) is 4.74 Å². The first kappa shape index (κ1) is 17.8. The summed E-state index contributed by atoms with van der Waals surface area (Å²) in [6.45, 7) is 10.4. The molecule has 2 rings (SSSR count). The van der Waals surface area contributed by atoms with Crippen LogP contribution in [0.15, 0.2) is 24.3 Å². The van der Waals surface area contributed by atoms with Gasteiger partial charge in [-0.3, -0.25) is 14.6 Å².